The second-order valence-corrected chi connectivity index (χ2v) is 10.2. The van der Waals surface area contributed by atoms with Crippen LogP contribution in [0.1, 0.15) is 54.1 Å². The molecule has 0 bridgehead atoms. The van der Waals surface area contributed by atoms with E-state index in [0.717, 1.165) is 16.5 Å². The Bertz CT molecular complexity index is 928. The molecule has 0 aromatic carbocycles. The lowest BCUT2D eigenvalue weighted by atomic mass is 10.2. The average Bonchev–Trinajstić information content (AvgIpc) is 3.23. The van der Waals surface area contributed by atoms with Gasteiger partial charge in [-0.1, -0.05) is 11.8 Å². The monoisotopic (exact) mass is 396 g/mol. The predicted octanol–water partition coefficient (Wildman–Crippen LogP) is 2.61. The Kier molecular flexibility index (Phi) is 5.30. The lowest BCUT2D eigenvalue weighted by molar-refractivity contribution is 0.102. The first-order valence-corrected chi connectivity index (χ1v) is 11.4. The van der Waals surface area contributed by atoms with Gasteiger partial charge in [0.1, 0.15) is 6.33 Å². The topological polar surface area (TPSA) is 86.8 Å². The number of Topliss-reactive ketones (excluding diaryl/α,β-unsaturated/α-hetero) is 1. The molecule has 2 aromatic heterocycles. The minimum atomic E-state index is -2.97. The second-order valence-electron chi connectivity index (χ2n) is 7.04. The van der Waals surface area contributed by atoms with Crippen molar-refractivity contribution in [2.45, 2.75) is 51.4 Å². The fraction of sp³-hybridized carbons (Fsp3) is 0.588. The van der Waals surface area contributed by atoms with Gasteiger partial charge in [-0.15, -0.1) is 10.2 Å². The van der Waals surface area contributed by atoms with Crippen LogP contribution in [0.2, 0.25) is 0 Å². The van der Waals surface area contributed by atoms with Crippen molar-refractivity contribution < 1.29 is 13.2 Å². The number of sulfone groups is 1. The summed E-state index contributed by atoms with van der Waals surface area (Å²) in [4.78, 5) is 12.7. The van der Waals surface area contributed by atoms with Gasteiger partial charge in [-0.2, -0.15) is 0 Å². The molecule has 0 N–H and O–H groups in total. The Hall–Kier alpha value is -1.61. The van der Waals surface area contributed by atoms with Crippen molar-refractivity contribution in [3.8, 4) is 0 Å². The number of carbonyl (C=O) groups is 1. The van der Waals surface area contributed by atoms with Gasteiger partial charge >= 0.3 is 0 Å². The lowest BCUT2D eigenvalue weighted by Gasteiger charge is -2.16. The Morgan fingerprint density at radius 1 is 1.38 bits per heavy atom. The largest absolute Gasteiger partial charge is 0.344 e. The highest BCUT2D eigenvalue weighted by Gasteiger charge is 2.31. The third-order valence-corrected chi connectivity index (χ3v) is 7.49. The summed E-state index contributed by atoms with van der Waals surface area (Å²) in [6.07, 6.45) is 2.28. The van der Waals surface area contributed by atoms with E-state index in [9.17, 15) is 13.2 Å². The molecule has 0 saturated carbocycles. The summed E-state index contributed by atoms with van der Waals surface area (Å²) < 4.78 is 27.5. The van der Waals surface area contributed by atoms with E-state index in [1.165, 1.54) is 11.8 Å². The van der Waals surface area contributed by atoms with Gasteiger partial charge in [-0.05, 0) is 40.2 Å². The number of hydrogen-bond donors (Lipinski definition) is 0. The maximum Gasteiger partial charge on any atom is 0.191 e. The molecule has 7 nitrogen and oxygen atoms in total. The molecule has 3 heterocycles. The standard InChI is InChI=1S/C17H24N4O3S2/c1-11(2)20-10-18-19-17(20)25-8-16(22)15-7-12(3)21(13(15)4)14-5-6-26(23,24)9-14/h7,10-11,14H,5-6,8-9H2,1-4H3/t14-/m0/s1. The summed E-state index contributed by atoms with van der Waals surface area (Å²) in [6.45, 7) is 7.90. The van der Waals surface area contributed by atoms with Crippen molar-refractivity contribution in [2.24, 2.45) is 0 Å². The normalized spacial score (nSPS) is 19.3. The Labute approximate surface area is 158 Å². The van der Waals surface area contributed by atoms with Crippen LogP contribution in [-0.4, -0.2) is 50.8 Å². The molecule has 1 fully saturated rings. The molecule has 26 heavy (non-hydrogen) atoms. The first kappa shape index (κ1) is 19.2. The second kappa shape index (κ2) is 7.19. The fourth-order valence-corrected chi connectivity index (χ4v) is 6.13. The molecule has 1 atom stereocenters. The molecular formula is C17H24N4O3S2. The van der Waals surface area contributed by atoms with Crippen LogP contribution in [0.25, 0.3) is 0 Å². The lowest BCUT2D eigenvalue weighted by Crippen LogP contribution is -2.14. The van der Waals surface area contributed by atoms with Gasteiger partial charge in [0.2, 0.25) is 0 Å². The molecule has 0 aliphatic carbocycles. The van der Waals surface area contributed by atoms with Crippen LogP contribution in [0.15, 0.2) is 17.6 Å². The minimum absolute atomic E-state index is 0.0218. The van der Waals surface area contributed by atoms with Crippen molar-refractivity contribution in [1.29, 1.82) is 0 Å². The molecular weight excluding hydrogens is 372 g/mol. The fourth-order valence-electron chi connectivity index (χ4n) is 3.50. The van der Waals surface area contributed by atoms with Gasteiger partial charge in [0.15, 0.2) is 20.8 Å². The molecule has 0 amide bonds. The maximum absolute atomic E-state index is 12.7. The quantitative estimate of drug-likeness (QED) is 0.551. The summed E-state index contributed by atoms with van der Waals surface area (Å²) in [7, 11) is -2.97. The number of nitrogens with zero attached hydrogens (tertiary/aromatic N) is 4. The van der Waals surface area contributed by atoms with E-state index in [-0.39, 0.29) is 35.1 Å². The van der Waals surface area contributed by atoms with Gasteiger partial charge in [-0.25, -0.2) is 8.42 Å². The third kappa shape index (κ3) is 3.73. The summed E-state index contributed by atoms with van der Waals surface area (Å²) in [5.74, 6) is 0.675. The first-order valence-electron chi connectivity index (χ1n) is 8.64. The van der Waals surface area contributed by atoms with Crippen molar-refractivity contribution in [3.63, 3.8) is 0 Å². The molecule has 1 aliphatic rings. The number of carbonyl (C=O) groups excluding carboxylic acids is 1. The number of rotatable bonds is 6. The highest BCUT2D eigenvalue weighted by Crippen LogP contribution is 2.30. The zero-order valence-corrected chi connectivity index (χ0v) is 17.1. The summed E-state index contributed by atoms with van der Waals surface area (Å²) in [5, 5.41) is 8.72. The summed E-state index contributed by atoms with van der Waals surface area (Å²) in [6, 6.07) is 2.03. The molecule has 1 saturated heterocycles. The van der Waals surface area contributed by atoms with Crippen molar-refractivity contribution in [1.82, 2.24) is 19.3 Å². The zero-order chi connectivity index (χ0) is 19.1. The van der Waals surface area contributed by atoms with E-state index < -0.39 is 9.84 Å². The van der Waals surface area contributed by atoms with E-state index in [1.807, 2.05) is 42.9 Å². The highest BCUT2D eigenvalue weighted by atomic mass is 32.2. The Balaban J connectivity index is 1.76. The number of ketones is 1. The van der Waals surface area contributed by atoms with Crippen molar-refractivity contribution >= 4 is 27.4 Å². The van der Waals surface area contributed by atoms with Crippen molar-refractivity contribution in [3.05, 3.63) is 29.3 Å². The molecule has 3 rings (SSSR count). The van der Waals surface area contributed by atoms with Gasteiger partial charge < -0.3 is 9.13 Å². The summed E-state index contributed by atoms with van der Waals surface area (Å²) in [5.41, 5.74) is 2.44. The van der Waals surface area contributed by atoms with Crippen LogP contribution in [0.5, 0.6) is 0 Å². The van der Waals surface area contributed by atoms with E-state index >= 15 is 0 Å². The number of hydrogen-bond acceptors (Lipinski definition) is 6. The van der Waals surface area contributed by atoms with Crippen LogP contribution in [0.4, 0.5) is 0 Å². The van der Waals surface area contributed by atoms with E-state index in [4.69, 9.17) is 0 Å². The van der Waals surface area contributed by atoms with E-state index in [0.29, 0.717) is 12.0 Å². The maximum atomic E-state index is 12.7. The molecule has 1 aliphatic heterocycles. The van der Waals surface area contributed by atoms with Gasteiger partial charge in [0, 0.05) is 29.0 Å². The number of aromatic nitrogens is 4. The van der Waals surface area contributed by atoms with Gasteiger partial charge in [0.05, 0.1) is 17.3 Å². The van der Waals surface area contributed by atoms with Crippen LogP contribution >= 0.6 is 11.8 Å². The SMILES string of the molecule is Cc1cc(C(=O)CSc2nncn2C(C)C)c(C)n1[C@H]1CCS(=O)(=O)C1. The molecule has 9 heteroatoms. The molecule has 0 spiro atoms. The minimum Gasteiger partial charge on any atom is -0.344 e. The third-order valence-electron chi connectivity index (χ3n) is 4.79. The molecule has 0 unspecified atom stereocenters. The Morgan fingerprint density at radius 2 is 2.12 bits per heavy atom. The average molecular weight is 397 g/mol. The molecule has 142 valence electrons. The number of thioether (sulfide) groups is 1. The van der Waals surface area contributed by atoms with Gasteiger partial charge in [0.25, 0.3) is 0 Å². The highest BCUT2D eigenvalue weighted by molar-refractivity contribution is 7.99. The van der Waals surface area contributed by atoms with Crippen LogP contribution in [0, 0.1) is 13.8 Å². The number of aryl methyl sites for hydroxylation is 1. The van der Waals surface area contributed by atoms with Crippen LogP contribution in [0.3, 0.4) is 0 Å². The van der Waals surface area contributed by atoms with Crippen LogP contribution in [-0.2, 0) is 9.84 Å². The molecule has 2 aromatic rings. The van der Waals surface area contributed by atoms with E-state index in [1.54, 1.807) is 6.33 Å². The van der Waals surface area contributed by atoms with Crippen molar-refractivity contribution in [2.75, 3.05) is 17.3 Å². The Morgan fingerprint density at radius 3 is 2.73 bits per heavy atom. The molecule has 0 radical (unpaired) electrons. The smallest absolute Gasteiger partial charge is 0.191 e. The van der Waals surface area contributed by atoms with E-state index in [2.05, 4.69) is 10.2 Å². The van der Waals surface area contributed by atoms with Crippen LogP contribution < -0.4 is 0 Å². The van der Waals surface area contributed by atoms with Gasteiger partial charge in [-0.3, -0.25) is 4.79 Å². The first-order chi connectivity index (χ1) is 12.2. The zero-order valence-electron chi connectivity index (χ0n) is 15.5. The summed E-state index contributed by atoms with van der Waals surface area (Å²) >= 11 is 1.38. The predicted molar refractivity (Wildman–Crippen MR) is 102 cm³/mol.